The number of nitrogens with zero attached hydrogens (tertiary/aromatic N) is 6. The Morgan fingerprint density at radius 2 is 2.10 bits per heavy atom. The van der Waals surface area contributed by atoms with Crippen LogP contribution in [0.1, 0.15) is 13.3 Å². The van der Waals surface area contributed by atoms with E-state index in [0.717, 1.165) is 33.3 Å². The molecule has 1 N–H and O–H groups in total. The minimum Gasteiger partial charge on any atom is -0.346 e. The Hall–Kier alpha value is -3.29. The Labute approximate surface area is 173 Å². The van der Waals surface area contributed by atoms with Crippen LogP contribution in [0.5, 0.6) is 0 Å². The Bertz CT molecular complexity index is 1410. The largest absolute Gasteiger partial charge is 0.346 e. The van der Waals surface area contributed by atoms with Gasteiger partial charge in [0.1, 0.15) is 12.0 Å². The zero-order chi connectivity index (χ0) is 20.9. The summed E-state index contributed by atoms with van der Waals surface area (Å²) in [6, 6.07) is 7.95. The molecule has 5 rings (SSSR count). The lowest BCUT2D eigenvalue weighted by molar-refractivity contribution is 0.0893. The van der Waals surface area contributed by atoms with Crippen LogP contribution in [0.15, 0.2) is 43.1 Å². The number of nitriles is 1. The lowest BCUT2D eigenvalue weighted by atomic mass is 9.88. The maximum atomic E-state index is 12.3. The van der Waals surface area contributed by atoms with E-state index in [1.54, 1.807) is 13.1 Å². The SMILES string of the molecule is CCS(=O)(=O)N1CC(CC#N)(n2cc(-c3ncnc4[nH]ccc34)c3ncccc32)C1. The maximum absolute atomic E-state index is 12.3. The van der Waals surface area contributed by atoms with Crippen molar-refractivity contribution in [2.24, 2.45) is 0 Å². The smallest absolute Gasteiger partial charge is 0.213 e. The van der Waals surface area contributed by atoms with Crippen molar-refractivity contribution in [2.75, 3.05) is 18.8 Å². The van der Waals surface area contributed by atoms with E-state index in [1.807, 2.05) is 35.2 Å². The summed E-state index contributed by atoms with van der Waals surface area (Å²) in [5, 5.41) is 10.4. The predicted molar refractivity (Wildman–Crippen MR) is 112 cm³/mol. The van der Waals surface area contributed by atoms with Gasteiger partial charge in [-0.1, -0.05) is 0 Å². The van der Waals surface area contributed by atoms with Crippen molar-refractivity contribution in [1.82, 2.24) is 28.8 Å². The van der Waals surface area contributed by atoms with Gasteiger partial charge in [0, 0.05) is 42.6 Å². The molecule has 0 unspecified atom stereocenters. The van der Waals surface area contributed by atoms with Crippen molar-refractivity contribution in [2.45, 2.75) is 18.9 Å². The summed E-state index contributed by atoms with van der Waals surface area (Å²) in [5.74, 6) is 0.0429. The third-order valence-corrected chi connectivity index (χ3v) is 7.56. The van der Waals surface area contributed by atoms with Crippen LogP contribution >= 0.6 is 0 Å². The fraction of sp³-hybridized carbons (Fsp3) is 0.300. The Kier molecular flexibility index (Phi) is 4.13. The summed E-state index contributed by atoms with van der Waals surface area (Å²) >= 11 is 0. The zero-order valence-electron chi connectivity index (χ0n) is 16.3. The van der Waals surface area contributed by atoms with Crippen molar-refractivity contribution >= 4 is 32.1 Å². The highest BCUT2D eigenvalue weighted by atomic mass is 32.2. The van der Waals surface area contributed by atoms with E-state index >= 15 is 0 Å². The molecule has 4 aromatic rings. The third-order valence-electron chi connectivity index (χ3n) is 5.79. The number of nitrogens with one attached hydrogen (secondary N) is 1. The average Bonchev–Trinajstić information content (AvgIpc) is 3.35. The lowest BCUT2D eigenvalue weighted by Gasteiger charge is -2.49. The van der Waals surface area contributed by atoms with E-state index < -0.39 is 15.6 Å². The van der Waals surface area contributed by atoms with Gasteiger partial charge in [0.25, 0.3) is 0 Å². The topological polar surface area (TPSA) is 121 Å². The molecule has 9 nitrogen and oxygen atoms in total. The summed E-state index contributed by atoms with van der Waals surface area (Å²) < 4.78 is 28.1. The summed E-state index contributed by atoms with van der Waals surface area (Å²) in [7, 11) is -3.31. The number of aromatic nitrogens is 5. The van der Waals surface area contributed by atoms with Crippen molar-refractivity contribution in [1.29, 1.82) is 5.26 Å². The first-order valence-electron chi connectivity index (χ1n) is 9.59. The van der Waals surface area contributed by atoms with Crippen LogP contribution in [-0.2, 0) is 15.6 Å². The second kappa shape index (κ2) is 6.62. The average molecular weight is 421 g/mol. The second-order valence-corrected chi connectivity index (χ2v) is 9.73. The molecule has 0 amide bonds. The Balaban J connectivity index is 1.70. The van der Waals surface area contributed by atoms with Crippen molar-refractivity contribution in [3.63, 3.8) is 0 Å². The van der Waals surface area contributed by atoms with E-state index in [-0.39, 0.29) is 25.3 Å². The molecular weight excluding hydrogens is 402 g/mol. The first kappa shape index (κ1) is 18.7. The minimum atomic E-state index is -3.31. The van der Waals surface area contributed by atoms with Gasteiger partial charge in [-0.25, -0.2) is 18.4 Å². The van der Waals surface area contributed by atoms with E-state index in [4.69, 9.17) is 0 Å². The first-order valence-corrected chi connectivity index (χ1v) is 11.2. The van der Waals surface area contributed by atoms with E-state index in [2.05, 4.69) is 26.0 Å². The monoisotopic (exact) mass is 421 g/mol. The first-order chi connectivity index (χ1) is 14.5. The van der Waals surface area contributed by atoms with Gasteiger partial charge in [-0.2, -0.15) is 9.57 Å². The van der Waals surface area contributed by atoms with Gasteiger partial charge in [-0.3, -0.25) is 4.98 Å². The predicted octanol–water partition coefficient (Wildman–Crippen LogP) is 2.25. The van der Waals surface area contributed by atoms with Crippen LogP contribution in [-0.4, -0.2) is 56.1 Å². The molecule has 0 spiro atoms. The standard InChI is InChI=1S/C20H19N7O2S/c1-2-30(28,29)26-11-20(12-26,6-7-21)27-10-15(18-16(27)4-3-8-22-18)17-14-5-9-23-19(14)25-13-24-17/h3-5,8-10,13H,2,6,11-12H2,1H3,(H,23,24,25). The summed E-state index contributed by atoms with van der Waals surface area (Å²) in [6.45, 7) is 2.15. The molecule has 0 atom stereocenters. The molecule has 30 heavy (non-hydrogen) atoms. The third kappa shape index (κ3) is 2.63. The van der Waals surface area contributed by atoms with Gasteiger partial charge < -0.3 is 9.55 Å². The molecule has 1 aliphatic rings. The van der Waals surface area contributed by atoms with Gasteiger partial charge in [0.2, 0.25) is 10.0 Å². The number of aromatic amines is 1. The fourth-order valence-electron chi connectivity index (χ4n) is 4.20. The van der Waals surface area contributed by atoms with E-state index in [1.165, 1.54) is 10.6 Å². The fourth-order valence-corrected chi connectivity index (χ4v) is 5.44. The number of H-pyrrole nitrogens is 1. The number of fused-ring (bicyclic) bond motifs is 2. The molecule has 1 fully saturated rings. The van der Waals surface area contributed by atoms with Crippen LogP contribution in [0.25, 0.3) is 33.3 Å². The van der Waals surface area contributed by atoms with Gasteiger partial charge >= 0.3 is 0 Å². The molecule has 1 saturated heterocycles. The molecule has 152 valence electrons. The van der Waals surface area contributed by atoms with E-state index in [0.29, 0.717) is 0 Å². The van der Waals surface area contributed by atoms with Crippen LogP contribution in [0.4, 0.5) is 0 Å². The number of sulfonamides is 1. The van der Waals surface area contributed by atoms with Gasteiger partial charge in [-0.05, 0) is 25.1 Å². The van der Waals surface area contributed by atoms with Crippen LogP contribution in [0, 0.1) is 11.3 Å². The van der Waals surface area contributed by atoms with Gasteiger partial charge in [0.15, 0.2) is 0 Å². The minimum absolute atomic E-state index is 0.0429. The van der Waals surface area contributed by atoms with Crippen molar-refractivity contribution in [3.8, 4) is 17.3 Å². The molecule has 0 aliphatic carbocycles. The molecule has 5 heterocycles. The zero-order valence-corrected chi connectivity index (χ0v) is 17.1. The molecule has 0 radical (unpaired) electrons. The molecular formula is C20H19N7O2S. The Morgan fingerprint density at radius 3 is 2.87 bits per heavy atom. The van der Waals surface area contributed by atoms with E-state index in [9.17, 15) is 13.7 Å². The highest BCUT2D eigenvalue weighted by Crippen LogP contribution is 2.41. The van der Waals surface area contributed by atoms with Gasteiger partial charge in [0.05, 0.1) is 40.5 Å². The van der Waals surface area contributed by atoms with Crippen molar-refractivity contribution in [3.05, 3.63) is 43.1 Å². The molecule has 0 saturated carbocycles. The normalized spacial score (nSPS) is 16.5. The maximum Gasteiger partial charge on any atom is 0.213 e. The lowest BCUT2D eigenvalue weighted by Crippen LogP contribution is -2.64. The summed E-state index contributed by atoms with van der Waals surface area (Å²) in [6.07, 6.45) is 7.18. The highest BCUT2D eigenvalue weighted by molar-refractivity contribution is 7.89. The molecule has 1 aliphatic heterocycles. The quantitative estimate of drug-likeness (QED) is 0.528. The molecule has 0 bridgehead atoms. The highest BCUT2D eigenvalue weighted by Gasteiger charge is 2.49. The molecule has 0 aromatic carbocycles. The second-order valence-electron chi connectivity index (χ2n) is 7.47. The number of hydrogen-bond acceptors (Lipinski definition) is 6. The molecule has 4 aromatic heterocycles. The van der Waals surface area contributed by atoms with Crippen molar-refractivity contribution < 1.29 is 8.42 Å². The number of pyridine rings is 1. The summed E-state index contributed by atoms with van der Waals surface area (Å²) in [5.41, 5.74) is 3.26. The van der Waals surface area contributed by atoms with Gasteiger partial charge in [-0.15, -0.1) is 0 Å². The Morgan fingerprint density at radius 1 is 1.27 bits per heavy atom. The summed E-state index contributed by atoms with van der Waals surface area (Å²) in [4.78, 5) is 16.4. The number of rotatable bonds is 5. The van der Waals surface area contributed by atoms with Crippen LogP contribution < -0.4 is 0 Å². The van der Waals surface area contributed by atoms with Crippen LogP contribution in [0.3, 0.4) is 0 Å². The van der Waals surface area contributed by atoms with Crippen LogP contribution in [0.2, 0.25) is 0 Å². The number of hydrogen-bond donors (Lipinski definition) is 1. The molecule has 10 heteroatoms.